The summed E-state index contributed by atoms with van der Waals surface area (Å²) >= 11 is 3.73. The van der Waals surface area contributed by atoms with Gasteiger partial charge in [-0.05, 0) is 87.6 Å². The highest BCUT2D eigenvalue weighted by Crippen LogP contribution is 2.47. The fraction of sp³-hybridized carbons (Fsp3) is 0. The van der Waals surface area contributed by atoms with Gasteiger partial charge in [-0.3, -0.25) is 0 Å². The van der Waals surface area contributed by atoms with Crippen LogP contribution in [0.25, 0.3) is 84.5 Å². The first kappa shape index (κ1) is 32.0. The van der Waals surface area contributed by atoms with Crippen molar-refractivity contribution in [1.82, 2.24) is 0 Å². The molecule has 0 aliphatic heterocycles. The van der Waals surface area contributed by atoms with Gasteiger partial charge in [0.05, 0.1) is 11.4 Å². The molecule has 0 atom stereocenters. The lowest BCUT2D eigenvalue weighted by Crippen LogP contribution is -2.12. The number of hydrogen-bond donors (Lipinski definition) is 0. The third-order valence-electron chi connectivity index (χ3n) is 10.9. The minimum absolute atomic E-state index is 1.11. The minimum atomic E-state index is 1.11. The molecule has 0 radical (unpaired) electrons. The van der Waals surface area contributed by atoms with Gasteiger partial charge >= 0.3 is 0 Å². The van der Waals surface area contributed by atoms with Crippen LogP contribution < -0.4 is 4.90 Å². The minimum Gasteiger partial charge on any atom is -0.309 e. The molecule has 0 saturated heterocycles. The standard InChI is InChI=1S/C52H33NS2/c1-2-17-39-34(13-1)14-12-22-41(39)42-19-4-8-24-48(42)53(38-16-11-15-35(31-38)36-28-30-51-46(32-36)44-21-6-10-26-50(44)54-51)47-23-7-3-18-40(47)37-27-29-45-43-20-5-9-25-49(43)55-52(45)33-37/h1-33H. The molecule has 0 N–H and O–H groups in total. The molecule has 0 saturated carbocycles. The highest BCUT2D eigenvalue weighted by atomic mass is 32.1. The Kier molecular flexibility index (Phi) is 7.61. The Hall–Kier alpha value is -6.52. The Labute approximate surface area is 327 Å². The lowest BCUT2D eigenvalue weighted by molar-refractivity contribution is 1.28. The fourth-order valence-electron chi connectivity index (χ4n) is 8.30. The first-order valence-electron chi connectivity index (χ1n) is 18.7. The van der Waals surface area contributed by atoms with Crippen molar-refractivity contribution in [2.24, 2.45) is 0 Å². The van der Waals surface area contributed by atoms with Gasteiger partial charge in [0.15, 0.2) is 0 Å². The maximum Gasteiger partial charge on any atom is 0.0540 e. The number of rotatable bonds is 6. The van der Waals surface area contributed by atoms with Gasteiger partial charge in [0, 0.05) is 57.2 Å². The van der Waals surface area contributed by atoms with Crippen molar-refractivity contribution in [3.63, 3.8) is 0 Å². The van der Waals surface area contributed by atoms with Crippen LogP contribution in [0.15, 0.2) is 200 Å². The number of nitrogens with zero attached hydrogens (tertiary/aromatic N) is 1. The van der Waals surface area contributed by atoms with E-state index < -0.39 is 0 Å². The molecule has 2 heterocycles. The van der Waals surface area contributed by atoms with Crippen LogP contribution in [0, 0.1) is 0 Å². The van der Waals surface area contributed by atoms with E-state index >= 15 is 0 Å². The molecular weight excluding hydrogens is 703 g/mol. The van der Waals surface area contributed by atoms with Crippen molar-refractivity contribution < 1.29 is 0 Å². The highest BCUT2D eigenvalue weighted by molar-refractivity contribution is 7.26. The van der Waals surface area contributed by atoms with Crippen molar-refractivity contribution in [3.8, 4) is 33.4 Å². The normalized spacial score (nSPS) is 11.6. The predicted octanol–water partition coefficient (Wildman–Crippen LogP) is 16.0. The predicted molar refractivity (Wildman–Crippen MR) is 241 cm³/mol. The molecule has 0 aliphatic carbocycles. The van der Waals surface area contributed by atoms with Crippen molar-refractivity contribution in [3.05, 3.63) is 200 Å². The van der Waals surface area contributed by atoms with Crippen molar-refractivity contribution >= 4 is 90.9 Å². The van der Waals surface area contributed by atoms with Crippen molar-refractivity contribution in [2.75, 3.05) is 4.90 Å². The molecule has 0 spiro atoms. The Morgan fingerprint density at radius 1 is 0.291 bits per heavy atom. The second kappa shape index (κ2) is 13.1. The Morgan fingerprint density at radius 3 is 1.67 bits per heavy atom. The van der Waals surface area contributed by atoms with E-state index in [4.69, 9.17) is 0 Å². The van der Waals surface area contributed by atoms with E-state index in [1.165, 1.54) is 84.5 Å². The smallest absolute Gasteiger partial charge is 0.0540 e. The lowest BCUT2D eigenvalue weighted by atomic mass is 9.95. The van der Waals surface area contributed by atoms with Crippen LogP contribution in [0.1, 0.15) is 0 Å². The summed E-state index contributed by atoms with van der Waals surface area (Å²) in [7, 11) is 0. The number of para-hydroxylation sites is 2. The molecule has 11 rings (SSSR count). The van der Waals surface area contributed by atoms with E-state index in [-0.39, 0.29) is 0 Å². The highest BCUT2D eigenvalue weighted by Gasteiger charge is 2.22. The van der Waals surface area contributed by atoms with Crippen LogP contribution in [0.5, 0.6) is 0 Å². The first-order chi connectivity index (χ1) is 27.3. The Balaban J connectivity index is 1.14. The second-order valence-corrected chi connectivity index (χ2v) is 16.2. The molecule has 1 nitrogen and oxygen atoms in total. The number of hydrogen-bond acceptors (Lipinski definition) is 3. The molecule has 3 heteroatoms. The summed E-state index contributed by atoms with van der Waals surface area (Å²) in [6.45, 7) is 0. The topological polar surface area (TPSA) is 3.24 Å². The molecule has 0 unspecified atom stereocenters. The van der Waals surface area contributed by atoms with Gasteiger partial charge in [0.1, 0.15) is 0 Å². The molecule has 0 fully saturated rings. The fourth-order valence-corrected chi connectivity index (χ4v) is 10.5. The first-order valence-corrected chi connectivity index (χ1v) is 20.3. The van der Waals surface area contributed by atoms with Gasteiger partial charge in [0.25, 0.3) is 0 Å². The molecule has 0 amide bonds. The van der Waals surface area contributed by atoms with Crippen LogP contribution in [0.2, 0.25) is 0 Å². The van der Waals surface area contributed by atoms with E-state index in [1.807, 2.05) is 22.7 Å². The molecule has 11 aromatic rings. The maximum absolute atomic E-state index is 2.48. The van der Waals surface area contributed by atoms with E-state index in [0.29, 0.717) is 0 Å². The van der Waals surface area contributed by atoms with Gasteiger partial charge in [-0.15, -0.1) is 22.7 Å². The van der Waals surface area contributed by atoms with Crippen LogP contribution >= 0.6 is 22.7 Å². The summed E-state index contributed by atoms with van der Waals surface area (Å²) in [5.74, 6) is 0. The number of fused-ring (bicyclic) bond motifs is 7. The van der Waals surface area contributed by atoms with E-state index in [9.17, 15) is 0 Å². The zero-order valence-electron chi connectivity index (χ0n) is 29.8. The molecular formula is C52H33NS2. The third-order valence-corrected chi connectivity index (χ3v) is 13.2. The van der Waals surface area contributed by atoms with Crippen molar-refractivity contribution in [1.29, 1.82) is 0 Å². The van der Waals surface area contributed by atoms with Gasteiger partial charge in [-0.2, -0.15) is 0 Å². The molecule has 258 valence electrons. The van der Waals surface area contributed by atoms with Gasteiger partial charge in [-0.25, -0.2) is 0 Å². The zero-order chi connectivity index (χ0) is 36.3. The molecule has 2 aromatic heterocycles. The monoisotopic (exact) mass is 735 g/mol. The van der Waals surface area contributed by atoms with E-state index in [0.717, 1.165) is 17.1 Å². The van der Waals surface area contributed by atoms with Crippen LogP contribution in [0.3, 0.4) is 0 Å². The van der Waals surface area contributed by atoms with E-state index in [1.54, 1.807) is 0 Å². The summed E-state index contributed by atoms with van der Waals surface area (Å²) < 4.78 is 5.26. The van der Waals surface area contributed by atoms with Gasteiger partial charge < -0.3 is 4.90 Å². The molecule has 55 heavy (non-hydrogen) atoms. The Morgan fingerprint density at radius 2 is 0.836 bits per heavy atom. The summed E-state index contributed by atoms with van der Waals surface area (Å²) in [5, 5.41) is 7.73. The zero-order valence-corrected chi connectivity index (χ0v) is 31.4. The van der Waals surface area contributed by atoms with Crippen LogP contribution in [0.4, 0.5) is 17.1 Å². The van der Waals surface area contributed by atoms with Crippen LogP contribution in [-0.4, -0.2) is 0 Å². The number of thiophene rings is 2. The second-order valence-electron chi connectivity index (χ2n) is 14.1. The Bertz CT molecular complexity index is 3230. The lowest BCUT2D eigenvalue weighted by Gasteiger charge is -2.30. The van der Waals surface area contributed by atoms with Crippen molar-refractivity contribution in [2.45, 2.75) is 0 Å². The third kappa shape index (κ3) is 5.43. The maximum atomic E-state index is 2.48. The van der Waals surface area contributed by atoms with Gasteiger partial charge in [-0.1, -0.05) is 146 Å². The summed E-state index contributed by atoms with van der Waals surface area (Å²) in [6, 6.07) is 73.6. The molecule has 0 bridgehead atoms. The SMILES string of the molecule is c1cc(-c2ccc3sc4ccccc4c3c2)cc(N(c2ccccc2-c2ccc3c(c2)sc2ccccc23)c2ccccc2-c2cccc3ccccc23)c1. The van der Waals surface area contributed by atoms with E-state index in [2.05, 4.69) is 205 Å². The van der Waals surface area contributed by atoms with Crippen LogP contribution in [-0.2, 0) is 0 Å². The largest absolute Gasteiger partial charge is 0.309 e. The van der Waals surface area contributed by atoms with Gasteiger partial charge in [0.2, 0.25) is 0 Å². The number of anilines is 3. The summed E-state index contributed by atoms with van der Waals surface area (Å²) in [6.07, 6.45) is 0. The number of benzene rings is 9. The molecule has 9 aromatic carbocycles. The summed E-state index contributed by atoms with van der Waals surface area (Å²) in [5.41, 5.74) is 10.6. The quantitative estimate of drug-likeness (QED) is 0.164. The average Bonchev–Trinajstić information content (AvgIpc) is 3.82. The summed E-state index contributed by atoms with van der Waals surface area (Å²) in [4.78, 5) is 2.48. The molecule has 0 aliphatic rings. The average molecular weight is 736 g/mol.